The summed E-state index contributed by atoms with van der Waals surface area (Å²) in [6.07, 6.45) is 8.95. The van der Waals surface area contributed by atoms with Crippen molar-refractivity contribution in [1.82, 2.24) is 25.3 Å². The quantitative estimate of drug-likeness (QED) is 0.443. The van der Waals surface area contributed by atoms with Crippen molar-refractivity contribution in [2.24, 2.45) is 5.41 Å². The van der Waals surface area contributed by atoms with Crippen LogP contribution in [0.5, 0.6) is 5.75 Å². The molecule has 41 heavy (non-hydrogen) atoms. The van der Waals surface area contributed by atoms with Crippen LogP contribution < -0.4 is 25.3 Å². The van der Waals surface area contributed by atoms with Gasteiger partial charge in [-0.1, -0.05) is 33.1 Å². The lowest BCUT2D eigenvalue weighted by Crippen LogP contribution is -2.52. The van der Waals surface area contributed by atoms with E-state index in [9.17, 15) is 9.90 Å². The average Bonchev–Trinajstić information content (AvgIpc) is 3.05. The number of carbonyl (C=O) groups excluding carboxylic acids is 1. The number of nitrogens with zero attached hydrogens (tertiary/aromatic N) is 6. The average molecular weight is 565 g/mol. The van der Waals surface area contributed by atoms with Gasteiger partial charge in [0.25, 0.3) is 5.91 Å². The van der Waals surface area contributed by atoms with Crippen molar-refractivity contribution in [3.63, 3.8) is 0 Å². The maximum Gasteiger partial charge on any atom is 0.265 e. The van der Waals surface area contributed by atoms with Crippen molar-refractivity contribution < 1.29 is 14.6 Å². The maximum absolute atomic E-state index is 12.9. The van der Waals surface area contributed by atoms with Crippen LogP contribution in [0.2, 0.25) is 0 Å². The first kappa shape index (κ1) is 28.9. The van der Waals surface area contributed by atoms with Gasteiger partial charge in [0.05, 0.1) is 31.0 Å². The van der Waals surface area contributed by atoms with Gasteiger partial charge in [-0.15, -0.1) is 0 Å². The molecule has 0 radical (unpaired) electrons. The Morgan fingerprint density at radius 1 is 1.12 bits per heavy atom. The molecule has 2 aromatic rings. The zero-order valence-corrected chi connectivity index (χ0v) is 25.0. The standard InChI is InChI=1S/C30H44N8O3/c1-30(2)20-38(22-9-7-6-8-10-22)27-24(36(4)26(30)19-39)18-31-29(33-27)32-23-12-11-21(17-25(23)41-5)28(40)34-37-15-13-35(3)14-16-37/h11-12,17-19,22,39H,6-10,13-16,20H2,1-5H3,(H,34,40)(H,31,32,33). The molecule has 1 aromatic heterocycles. The predicted octanol–water partition coefficient (Wildman–Crippen LogP) is 4.14. The van der Waals surface area contributed by atoms with Crippen molar-refractivity contribution >= 4 is 29.0 Å². The molecule has 0 atom stereocenters. The van der Waals surface area contributed by atoms with Crippen molar-refractivity contribution in [2.75, 3.05) is 69.0 Å². The number of hydrogen-bond acceptors (Lipinski definition) is 10. The number of ether oxygens (including phenoxy) is 1. The van der Waals surface area contributed by atoms with E-state index in [0.717, 1.165) is 62.8 Å². The second kappa shape index (κ2) is 12.1. The van der Waals surface area contributed by atoms with Crippen molar-refractivity contribution in [1.29, 1.82) is 0 Å². The Hall–Kier alpha value is -3.57. The van der Waals surface area contributed by atoms with Crippen LogP contribution in [0.15, 0.2) is 36.4 Å². The summed E-state index contributed by atoms with van der Waals surface area (Å²) in [6.45, 7) is 8.45. The van der Waals surface area contributed by atoms with Crippen LogP contribution >= 0.6 is 0 Å². The van der Waals surface area contributed by atoms with Crippen molar-refractivity contribution in [3.8, 4) is 5.75 Å². The molecule has 1 amide bonds. The number of carbonyl (C=O) groups is 1. The Balaban J connectivity index is 1.41. The molecule has 3 aliphatic rings. The summed E-state index contributed by atoms with van der Waals surface area (Å²) in [5, 5.41) is 15.5. The van der Waals surface area contributed by atoms with E-state index in [1.165, 1.54) is 25.5 Å². The highest BCUT2D eigenvalue weighted by Gasteiger charge is 2.39. The first-order valence-corrected chi connectivity index (χ1v) is 14.6. The van der Waals surface area contributed by atoms with Crippen LogP contribution in [-0.4, -0.2) is 90.9 Å². The molecule has 11 nitrogen and oxygen atoms in total. The fourth-order valence-electron chi connectivity index (χ4n) is 6.18. The van der Waals surface area contributed by atoms with E-state index in [-0.39, 0.29) is 11.3 Å². The third-order valence-corrected chi connectivity index (χ3v) is 8.61. The Morgan fingerprint density at radius 2 is 1.85 bits per heavy atom. The van der Waals surface area contributed by atoms with Gasteiger partial charge in [0, 0.05) is 56.8 Å². The Morgan fingerprint density at radius 3 is 2.54 bits per heavy atom. The summed E-state index contributed by atoms with van der Waals surface area (Å²) in [5.41, 5.74) is 5.59. The van der Waals surface area contributed by atoms with Crippen LogP contribution in [0, 0.1) is 5.41 Å². The van der Waals surface area contributed by atoms with Crippen LogP contribution in [0.25, 0.3) is 0 Å². The zero-order chi connectivity index (χ0) is 29.1. The Labute approximate surface area is 243 Å². The molecule has 2 fully saturated rings. The molecule has 1 aromatic carbocycles. The summed E-state index contributed by atoms with van der Waals surface area (Å²) in [4.78, 5) is 29.3. The lowest BCUT2D eigenvalue weighted by Gasteiger charge is -2.39. The van der Waals surface area contributed by atoms with Gasteiger partial charge < -0.3 is 29.9 Å². The fourth-order valence-corrected chi connectivity index (χ4v) is 6.18. The zero-order valence-electron chi connectivity index (χ0n) is 25.0. The smallest absolute Gasteiger partial charge is 0.265 e. The van der Waals surface area contributed by atoms with Crippen LogP contribution in [0.4, 0.5) is 23.1 Å². The molecule has 0 spiro atoms. The van der Waals surface area contributed by atoms with Crippen LogP contribution in [0.1, 0.15) is 56.3 Å². The summed E-state index contributed by atoms with van der Waals surface area (Å²) in [5.74, 6) is 1.66. The minimum Gasteiger partial charge on any atom is -0.514 e. The third kappa shape index (κ3) is 6.20. The van der Waals surface area contributed by atoms with Gasteiger partial charge in [-0.2, -0.15) is 4.98 Å². The highest BCUT2D eigenvalue weighted by molar-refractivity contribution is 5.95. The van der Waals surface area contributed by atoms with E-state index in [0.29, 0.717) is 29.0 Å². The maximum atomic E-state index is 12.9. The Kier molecular flexibility index (Phi) is 8.55. The molecular formula is C30H44N8O3. The van der Waals surface area contributed by atoms with Crippen molar-refractivity contribution in [2.45, 2.75) is 52.0 Å². The molecule has 11 heteroatoms. The van der Waals surface area contributed by atoms with Gasteiger partial charge in [-0.25, -0.2) is 9.99 Å². The number of hydrogen-bond donors (Lipinski definition) is 3. The highest BCUT2D eigenvalue weighted by Crippen LogP contribution is 2.44. The third-order valence-electron chi connectivity index (χ3n) is 8.61. The summed E-state index contributed by atoms with van der Waals surface area (Å²) >= 11 is 0. The molecule has 1 saturated heterocycles. The van der Waals surface area contributed by atoms with E-state index < -0.39 is 0 Å². The molecular weight excluding hydrogens is 520 g/mol. The Bertz CT molecular complexity index is 1270. The number of nitrogens with one attached hydrogen (secondary N) is 2. The van der Waals surface area contributed by atoms with E-state index in [4.69, 9.17) is 9.72 Å². The predicted molar refractivity (Wildman–Crippen MR) is 162 cm³/mol. The second-order valence-corrected chi connectivity index (χ2v) is 12.1. The number of benzene rings is 1. The van der Waals surface area contributed by atoms with Gasteiger partial charge in [0.15, 0.2) is 5.82 Å². The number of methoxy groups -OCH3 is 1. The molecule has 5 rings (SSSR count). The van der Waals surface area contributed by atoms with E-state index >= 15 is 0 Å². The molecule has 2 aliphatic heterocycles. The van der Waals surface area contributed by atoms with Crippen LogP contribution in [0.3, 0.4) is 0 Å². The number of likely N-dealkylation sites (N-methyl/N-ethyl adjacent to an activating group) is 1. The number of amides is 1. The number of aliphatic hydroxyl groups excluding tert-OH is 1. The van der Waals surface area contributed by atoms with E-state index in [2.05, 4.69) is 46.4 Å². The molecule has 3 N–H and O–H groups in total. The number of hydrazine groups is 1. The van der Waals surface area contributed by atoms with E-state index in [1.807, 2.05) is 29.2 Å². The molecule has 0 unspecified atom stereocenters. The van der Waals surface area contributed by atoms with E-state index in [1.54, 1.807) is 19.2 Å². The lowest BCUT2D eigenvalue weighted by atomic mass is 9.86. The number of rotatable bonds is 6. The molecule has 0 bridgehead atoms. The minimum atomic E-state index is -0.293. The van der Waals surface area contributed by atoms with Gasteiger partial charge >= 0.3 is 0 Å². The largest absolute Gasteiger partial charge is 0.514 e. The number of piperazine rings is 1. The number of fused-ring (bicyclic) bond motifs is 1. The highest BCUT2D eigenvalue weighted by atomic mass is 16.5. The van der Waals surface area contributed by atoms with Crippen LogP contribution in [-0.2, 0) is 0 Å². The van der Waals surface area contributed by atoms with Crippen molar-refractivity contribution in [3.05, 3.63) is 41.9 Å². The number of anilines is 4. The first-order chi connectivity index (χ1) is 19.7. The fraction of sp³-hybridized carbons (Fsp3) is 0.567. The summed E-state index contributed by atoms with van der Waals surface area (Å²) in [7, 11) is 5.63. The summed E-state index contributed by atoms with van der Waals surface area (Å²) < 4.78 is 5.66. The first-order valence-electron chi connectivity index (χ1n) is 14.6. The van der Waals surface area contributed by atoms with Gasteiger partial charge in [-0.3, -0.25) is 10.2 Å². The lowest BCUT2D eigenvalue weighted by molar-refractivity contribution is 0.0662. The second-order valence-electron chi connectivity index (χ2n) is 12.1. The van der Waals surface area contributed by atoms with Gasteiger partial charge in [-0.05, 0) is 38.1 Å². The monoisotopic (exact) mass is 564 g/mol. The minimum absolute atomic E-state index is 0.165. The SMILES string of the molecule is COc1cc(C(=O)NN2CCN(C)CC2)ccc1Nc1ncc2c(n1)N(C1CCCCC1)CC(C)(C)C(=CO)N2C. The topological polar surface area (TPSA) is 109 Å². The normalized spacial score (nSPS) is 21.3. The molecule has 3 heterocycles. The number of aliphatic hydroxyl groups is 1. The number of aromatic nitrogens is 2. The molecule has 1 saturated carbocycles. The van der Waals surface area contributed by atoms with Gasteiger partial charge in [0.1, 0.15) is 11.4 Å². The molecule has 222 valence electrons. The van der Waals surface area contributed by atoms with Gasteiger partial charge in [0.2, 0.25) is 5.95 Å². The summed E-state index contributed by atoms with van der Waals surface area (Å²) in [6, 6.07) is 5.72. The molecule has 1 aliphatic carbocycles.